The Morgan fingerprint density at radius 2 is 2.50 bits per heavy atom. The summed E-state index contributed by atoms with van der Waals surface area (Å²) in [6, 6.07) is 0.431. The van der Waals surface area contributed by atoms with E-state index in [1.165, 1.54) is 12.8 Å². The van der Waals surface area contributed by atoms with Crippen molar-refractivity contribution in [2.24, 2.45) is 0 Å². The summed E-state index contributed by atoms with van der Waals surface area (Å²) in [5.74, 6) is 0.0120. The molecule has 1 atom stereocenters. The highest BCUT2D eigenvalue weighted by atomic mass is 32.1. The van der Waals surface area contributed by atoms with E-state index >= 15 is 0 Å². The molecule has 2 heterocycles. The third kappa shape index (κ3) is 3.49. The van der Waals surface area contributed by atoms with Gasteiger partial charge in [0.1, 0.15) is 0 Å². The molecule has 1 aromatic rings. The first-order valence-corrected chi connectivity index (χ1v) is 7.34. The third-order valence-corrected chi connectivity index (χ3v) is 3.69. The van der Waals surface area contributed by atoms with Crippen molar-refractivity contribution in [1.82, 2.24) is 19.0 Å². The van der Waals surface area contributed by atoms with Crippen LogP contribution in [-0.2, 0) is 0 Å². The first-order valence-electron chi connectivity index (χ1n) is 6.61. The average molecular weight is 268 g/mol. The minimum Gasteiger partial charge on any atom is -0.336 e. The molecule has 1 aliphatic heterocycles. The maximum atomic E-state index is 12.3. The van der Waals surface area contributed by atoms with E-state index in [4.69, 9.17) is 0 Å². The van der Waals surface area contributed by atoms with Gasteiger partial charge in [-0.15, -0.1) is 0 Å². The van der Waals surface area contributed by atoms with Gasteiger partial charge in [0.2, 0.25) is 0 Å². The lowest BCUT2D eigenvalue weighted by Gasteiger charge is -2.30. The van der Waals surface area contributed by atoms with Gasteiger partial charge in [-0.1, -0.05) is 13.3 Å². The summed E-state index contributed by atoms with van der Waals surface area (Å²) in [7, 11) is 0. The van der Waals surface area contributed by atoms with E-state index in [9.17, 15) is 4.79 Å². The number of amides is 1. The SMILES string of the molecule is CCCN(CC1CCCCN1)C(=O)c1cnsn1. The molecule has 2 rings (SSSR count). The molecule has 0 aromatic carbocycles. The van der Waals surface area contributed by atoms with Gasteiger partial charge in [-0.3, -0.25) is 4.79 Å². The summed E-state index contributed by atoms with van der Waals surface area (Å²) in [5.41, 5.74) is 0.476. The lowest BCUT2D eigenvalue weighted by molar-refractivity contribution is 0.0727. The first kappa shape index (κ1) is 13.4. The van der Waals surface area contributed by atoms with Crippen LogP contribution in [0.25, 0.3) is 0 Å². The summed E-state index contributed by atoms with van der Waals surface area (Å²) in [5, 5.41) is 3.48. The number of aromatic nitrogens is 2. The number of carbonyl (C=O) groups excluding carboxylic acids is 1. The van der Waals surface area contributed by atoms with Crippen molar-refractivity contribution >= 4 is 17.6 Å². The van der Waals surface area contributed by atoms with Gasteiger partial charge in [0, 0.05) is 19.1 Å². The van der Waals surface area contributed by atoms with Crippen molar-refractivity contribution in [3.8, 4) is 0 Å². The fourth-order valence-corrected chi connectivity index (χ4v) is 2.72. The zero-order valence-electron chi connectivity index (χ0n) is 10.8. The monoisotopic (exact) mass is 268 g/mol. The van der Waals surface area contributed by atoms with Crippen molar-refractivity contribution in [2.45, 2.75) is 38.6 Å². The van der Waals surface area contributed by atoms with Gasteiger partial charge in [0.15, 0.2) is 5.69 Å². The quantitative estimate of drug-likeness (QED) is 0.880. The summed E-state index contributed by atoms with van der Waals surface area (Å²) < 4.78 is 7.93. The van der Waals surface area contributed by atoms with E-state index in [1.54, 1.807) is 6.20 Å². The molecule has 1 fully saturated rings. The minimum atomic E-state index is 0.0120. The van der Waals surface area contributed by atoms with Crippen molar-refractivity contribution in [2.75, 3.05) is 19.6 Å². The van der Waals surface area contributed by atoms with Crippen molar-refractivity contribution < 1.29 is 4.79 Å². The molecule has 1 unspecified atom stereocenters. The van der Waals surface area contributed by atoms with Gasteiger partial charge < -0.3 is 10.2 Å². The zero-order chi connectivity index (χ0) is 12.8. The Kier molecular flexibility index (Phi) is 5.07. The number of nitrogens with zero attached hydrogens (tertiary/aromatic N) is 3. The number of nitrogens with one attached hydrogen (secondary N) is 1. The van der Waals surface area contributed by atoms with Gasteiger partial charge in [0.25, 0.3) is 5.91 Å². The van der Waals surface area contributed by atoms with Gasteiger partial charge in [-0.05, 0) is 25.8 Å². The highest BCUT2D eigenvalue weighted by Crippen LogP contribution is 2.11. The lowest BCUT2D eigenvalue weighted by Crippen LogP contribution is -2.46. The highest BCUT2D eigenvalue weighted by Gasteiger charge is 2.22. The molecule has 5 nitrogen and oxygen atoms in total. The van der Waals surface area contributed by atoms with Crippen LogP contribution in [0.4, 0.5) is 0 Å². The predicted molar refractivity (Wildman–Crippen MR) is 71.7 cm³/mol. The van der Waals surface area contributed by atoms with Crippen LogP contribution in [0.3, 0.4) is 0 Å². The Hall–Kier alpha value is -1.01. The molecule has 18 heavy (non-hydrogen) atoms. The molecule has 0 bridgehead atoms. The molecule has 1 saturated heterocycles. The van der Waals surface area contributed by atoms with Crippen molar-refractivity contribution in [3.63, 3.8) is 0 Å². The van der Waals surface area contributed by atoms with Gasteiger partial charge in [-0.2, -0.15) is 8.75 Å². The zero-order valence-corrected chi connectivity index (χ0v) is 11.6. The molecule has 6 heteroatoms. The Morgan fingerprint density at radius 3 is 3.11 bits per heavy atom. The fourth-order valence-electron chi connectivity index (χ4n) is 2.31. The molecule has 0 spiro atoms. The standard InChI is InChI=1S/C12H20N4OS/c1-2-7-16(9-10-5-3-4-6-13-10)12(17)11-8-14-18-15-11/h8,10,13H,2-7,9H2,1H3. The molecule has 1 aliphatic rings. The van der Waals surface area contributed by atoms with Crippen LogP contribution in [0.5, 0.6) is 0 Å². The first-order chi connectivity index (χ1) is 8.81. The van der Waals surface area contributed by atoms with Crippen LogP contribution in [0.15, 0.2) is 6.20 Å². The Balaban J connectivity index is 1.96. The second-order valence-electron chi connectivity index (χ2n) is 4.69. The van der Waals surface area contributed by atoms with Crippen molar-refractivity contribution in [3.05, 3.63) is 11.9 Å². The average Bonchev–Trinajstić information content (AvgIpc) is 2.92. The van der Waals surface area contributed by atoms with Crippen LogP contribution in [0.2, 0.25) is 0 Å². The van der Waals surface area contributed by atoms with Gasteiger partial charge in [-0.25, -0.2) is 0 Å². The number of piperidine rings is 1. The van der Waals surface area contributed by atoms with E-state index in [0.717, 1.165) is 44.2 Å². The largest absolute Gasteiger partial charge is 0.336 e. The summed E-state index contributed by atoms with van der Waals surface area (Å²) in [4.78, 5) is 14.2. The van der Waals surface area contributed by atoms with Crippen LogP contribution < -0.4 is 5.32 Å². The molecular weight excluding hydrogens is 248 g/mol. The van der Waals surface area contributed by atoms with Gasteiger partial charge >= 0.3 is 0 Å². The van der Waals surface area contributed by atoms with Crippen LogP contribution in [0, 0.1) is 0 Å². The van der Waals surface area contributed by atoms with Gasteiger partial charge in [0.05, 0.1) is 17.9 Å². The Bertz CT molecular complexity index is 362. The molecule has 1 N–H and O–H groups in total. The molecule has 1 amide bonds. The molecular formula is C12H20N4OS. The second kappa shape index (κ2) is 6.80. The van der Waals surface area contributed by atoms with E-state index in [1.807, 2.05) is 4.90 Å². The van der Waals surface area contributed by atoms with E-state index in [2.05, 4.69) is 21.0 Å². The second-order valence-corrected chi connectivity index (χ2v) is 5.25. The van der Waals surface area contributed by atoms with E-state index in [-0.39, 0.29) is 5.91 Å². The van der Waals surface area contributed by atoms with E-state index < -0.39 is 0 Å². The topological polar surface area (TPSA) is 58.1 Å². The minimum absolute atomic E-state index is 0.0120. The Morgan fingerprint density at radius 1 is 1.61 bits per heavy atom. The molecule has 0 saturated carbocycles. The number of hydrogen-bond donors (Lipinski definition) is 1. The van der Waals surface area contributed by atoms with E-state index in [0.29, 0.717) is 11.7 Å². The fraction of sp³-hybridized carbons (Fsp3) is 0.750. The molecule has 1 aromatic heterocycles. The molecule has 0 aliphatic carbocycles. The lowest BCUT2D eigenvalue weighted by atomic mass is 10.0. The molecule has 100 valence electrons. The maximum absolute atomic E-state index is 12.3. The summed E-state index contributed by atoms with van der Waals surface area (Å²) in [6.45, 7) is 4.73. The Labute approximate surface area is 112 Å². The van der Waals surface area contributed by atoms with Crippen LogP contribution in [0.1, 0.15) is 43.1 Å². The molecule has 0 radical (unpaired) electrons. The van der Waals surface area contributed by atoms with Crippen molar-refractivity contribution in [1.29, 1.82) is 0 Å². The highest BCUT2D eigenvalue weighted by molar-refractivity contribution is 6.99. The number of carbonyl (C=O) groups is 1. The predicted octanol–water partition coefficient (Wildman–Crippen LogP) is 1.53. The number of rotatable bonds is 5. The maximum Gasteiger partial charge on any atom is 0.275 e. The summed E-state index contributed by atoms with van der Waals surface area (Å²) in [6.07, 6.45) is 6.18. The van der Waals surface area contributed by atoms with Crippen LogP contribution >= 0.6 is 11.7 Å². The normalized spacial score (nSPS) is 19.7. The van der Waals surface area contributed by atoms with Crippen LogP contribution in [-0.4, -0.2) is 45.2 Å². The third-order valence-electron chi connectivity index (χ3n) is 3.21. The summed E-state index contributed by atoms with van der Waals surface area (Å²) >= 11 is 1.09. The number of hydrogen-bond acceptors (Lipinski definition) is 5. The smallest absolute Gasteiger partial charge is 0.275 e.